The molecule has 1 unspecified atom stereocenters. The number of aromatic nitrogens is 3. The first-order valence-electron chi connectivity index (χ1n) is 7.44. The van der Waals surface area contributed by atoms with Crippen LogP contribution in [0.3, 0.4) is 0 Å². The molecule has 0 bridgehead atoms. The monoisotopic (exact) mass is 322 g/mol. The van der Waals surface area contributed by atoms with E-state index in [1.165, 1.54) is 0 Å². The Kier molecular flexibility index (Phi) is 3.66. The van der Waals surface area contributed by atoms with Crippen LogP contribution in [0.5, 0.6) is 5.75 Å². The molecule has 3 aromatic rings. The number of oxime groups is 1. The van der Waals surface area contributed by atoms with Crippen LogP contribution in [-0.2, 0) is 4.84 Å². The molecule has 120 valence electrons. The van der Waals surface area contributed by atoms with Crippen LogP contribution in [0.2, 0.25) is 0 Å². The van der Waals surface area contributed by atoms with Crippen LogP contribution >= 0.6 is 0 Å². The Hall–Kier alpha value is -3.22. The maximum absolute atomic E-state index is 5.47. The number of rotatable bonds is 4. The number of pyridine rings is 1. The lowest BCUT2D eigenvalue weighted by atomic mass is 10.0. The zero-order valence-electron chi connectivity index (χ0n) is 12.9. The molecular weight excluding hydrogens is 308 g/mol. The maximum Gasteiger partial charge on any atom is 0.271 e. The average Bonchev–Trinajstić information content (AvgIpc) is 3.32. The highest BCUT2D eigenvalue weighted by atomic mass is 16.7. The van der Waals surface area contributed by atoms with Gasteiger partial charge in [-0.1, -0.05) is 22.4 Å². The smallest absolute Gasteiger partial charge is 0.271 e. The fraction of sp³-hybridized carbons (Fsp3) is 0.176. The van der Waals surface area contributed by atoms with Gasteiger partial charge in [0.05, 0.1) is 12.8 Å². The largest absolute Gasteiger partial charge is 0.497 e. The lowest BCUT2D eigenvalue weighted by Crippen LogP contribution is -2.02. The van der Waals surface area contributed by atoms with Crippen molar-refractivity contribution in [1.82, 2.24) is 15.1 Å². The third-order valence-corrected chi connectivity index (χ3v) is 3.73. The summed E-state index contributed by atoms with van der Waals surface area (Å²) in [6, 6.07) is 11.3. The third kappa shape index (κ3) is 2.71. The molecule has 0 aliphatic carbocycles. The van der Waals surface area contributed by atoms with Crippen LogP contribution < -0.4 is 4.74 Å². The predicted molar refractivity (Wildman–Crippen MR) is 85.5 cm³/mol. The minimum Gasteiger partial charge on any atom is -0.497 e. The van der Waals surface area contributed by atoms with E-state index in [1.54, 1.807) is 19.5 Å². The molecule has 0 fully saturated rings. The molecule has 1 aromatic carbocycles. The first-order chi connectivity index (χ1) is 11.8. The predicted octanol–water partition coefficient (Wildman–Crippen LogP) is 3.01. The van der Waals surface area contributed by atoms with Crippen molar-refractivity contribution in [2.75, 3.05) is 7.11 Å². The van der Waals surface area contributed by atoms with Gasteiger partial charge < -0.3 is 14.1 Å². The molecule has 1 aliphatic rings. The molecule has 7 heteroatoms. The van der Waals surface area contributed by atoms with Crippen molar-refractivity contribution in [3.8, 4) is 17.1 Å². The maximum atomic E-state index is 5.47. The molecular formula is C17H14N4O3. The van der Waals surface area contributed by atoms with Crippen molar-refractivity contribution in [2.45, 2.75) is 12.5 Å². The van der Waals surface area contributed by atoms with Gasteiger partial charge in [-0.2, -0.15) is 4.98 Å². The van der Waals surface area contributed by atoms with Crippen LogP contribution in [0.25, 0.3) is 11.4 Å². The van der Waals surface area contributed by atoms with E-state index >= 15 is 0 Å². The van der Waals surface area contributed by atoms with Gasteiger partial charge in [-0.05, 0) is 24.3 Å². The second-order valence-corrected chi connectivity index (χ2v) is 5.26. The Bertz CT molecular complexity index is 876. The average molecular weight is 322 g/mol. The topological polar surface area (TPSA) is 82.6 Å². The fourth-order valence-corrected chi connectivity index (χ4v) is 2.47. The highest BCUT2D eigenvalue weighted by molar-refractivity contribution is 6.01. The van der Waals surface area contributed by atoms with Crippen molar-refractivity contribution < 1.29 is 14.1 Å². The summed E-state index contributed by atoms with van der Waals surface area (Å²) in [7, 11) is 1.63. The first-order valence-corrected chi connectivity index (χ1v) is 7.44. The Balaban J connectivity index is 1.51. The second-order valence-electron chi connectivity index (χ2n) is 5.26. The number of benzene rings is 1. The minimum absolute atomic E-state index is 0.380. The van der Waals surface area contributed by atoms with Gasteiger partial charge in [0.15, 0.2) is 0 Å². The molecule has 1 atom stereocenters. The summed E-state index contributed by atoms with van der Waals surface area (Å²) in [6.07, 6.45) is 3.54. The molecule has 4 rings (SSSR count). The van der Waals surface area contributed by atoms with Gasteiger partial charge >= 0.3 is 0 Å². The third-order valence-electron chi connectivity index (χ3n) is 3.73. The van der Waals surface area contributed by atoms with Gasteiger partial charge in [-0.25, -0.2) is 0 Å². The zero-order valence-corrected chi connectivity index (χ0v) is 12.9. The van der Waals surface area contributed by atoms with Crippen LogP contribution in [0.1, 0.15) is 24.0 Å². The lowest BCUT2D eigenvalue weighted by Gasteiger charge is -2.03. The summed E-state index contributed by atoms with van der Waals surface area (Å²) in [6.45, 7) is 0. The molecule has 24 heavy (non-hydrogen) atoms. The van der Waals surface area contributed by atoms with Crippen LogP contribution in [0.4, 0.5) is 0 Å². The van der Waals surface area contributed by atoms with Gasteiger partial charge in [0.2, 0.25) is 11.9 Å². The van der Waals surface area contributed by atoms with Gasteiger partial charge in [0.1, 0.15) is 5.75 Å². The summed E-state index contributed by atoms with van der Waals surface area (Å²) in [5.41, 5.74) is 2.61. The van der Waals surface area contributed by atoms with Gasteiger partial charge in [-0.15, -0.1) is 0 Å². The molecule has 1 aliphatic heterocycles. The van der Waals surface area contributed by atoms with Crippen LogP contribution in [0, 0.1) is 0 Å². The molecule has 3 heterocycles. The van der Waals surface area contributed by atoms with E-state index in [0.717, 1.165) is 22.6 Å². The van der Waals surface area contributed by atoms with Gasteiger partial charge in [0.25, 0.3) is 5.89 Å². The van der Waals surface area contributed by atoms with E-state index in [2.05, 4.69) is 20.3 Å². The quantitative estimate of drug-likeness (QED) is 0.734. The normalized spacial score (nSPS) is 16.5. The van der Waals surface area contributed by atoms with Gasteiger partial charge in [0, 0.05) is 29.9 Å². The SMILES string of the molecule is COc1cccc(C2=NOC(c3nc(-c4ccncc4)no3)C2)c1. The molecule has 0 N–H and O–H groups in total. The van der Waals surface area contributed by atoms with Crippen molar-refractivity contribution >= 4 is 5.71 Å². The molecule has 0 saturated carbocycles. The van der Waals surface area contributed by atoms with E-state index in [1.807, 2.05) is 36.4 Å². The summed E-state index contributed by atoms with van der Waals surface area (Å²) < 4.78 is 10.6. The van der Waals surface area contributed by atoms with Crippen molar-refractivity contribution in [3.63, 3.8) is 0 Å². The van der Waals surface area contributed by atoms with Crippen molar-refractivity contribution in [3.05, 3.63) is 60.2 Å². The number of methoxy groups -OCH3 is 1. The fourth-order valence-electron chi connectivity index (χ4n) is 2.47. The number of hydrogen-bond acceptors (Lipinski definition) is 7. The van der Waals surface area contributed by atoms with E-state index in [0.29, 0.717) is 18.1 Å². The Morgan fingerprint density at radius 2 is 2.00 bits per heavy atom. The molecule has 0 saturated heterocycles. The molecule has 7 nitrogen and oxygen atoms in total. The van der Waals surface area contributed by atoms with Gasteiger partial charge in [-0.3, -0.25) is 4.98 Å². The van der Waals surface area contributed by atoms with Crippen molar-refractivity contribution in [1.29, 1.82) is 0 Å². The van der Waals surface area contributed by atoms with Crippen LogP contribution in [0.15, 0.2) is 58.5 Å². The van der Waals surface area contributed by atoms with E-state index in [-0.39, 0.29) is 6.10 Å². The summed E-state index contributed by atoms with van der Waals surface area (Å²) in [5.74, 6) is 1.69. The number of nitrogens with zero attached hydrogens (tertiary/aromatic N) is 4. The van der Waals surface area contributed by atoms with Crippen molar-refractivity contribution in [2.24, 2.45) is 5.16 Å². The Labute approximate surface area is 137 Å². The summed E-state index contributed by atoms with van der Waals surface area (Å²) in [5, 5.41) is 8.14. The number of ether oxygens (including phenoxy) is 1. The summed E-state index contributed by atoms with van der Waals surface area (Å²) in [4.78, 5) is 13.8. The first kappa shape index (κ1) is 14.4. The minimum atomic E-state index is -0.380. The summed E-state index contributed by atoms with van der Waals surface area (Å²) >= 11 is 0. The number of hydrogen-bond donors (Lipinski definition) is 0. The van der Waals surface area contributed by atoms with E-state index in [4.69, 9.17) is 14.1 Å². The lowest BCUT2D eigenvalue weighted by molar-refractivity contribution is 0.0599. The second kappa shape index (κ2) is 6.11. The Morgan fingerprint density at radius 3 is 2.83 bits per heavy atom. The molecule has 2 aromatic heterocycles. The molecule has 0 radical (unpaired) electrons. The molecule has 0 amide bonds. The standard InChI is InChI=1S/C17H14N4O3/c1-22-13-4-2-3-12(9-13)14-10-15(23-20-14)17-19-16(21-24-17)11-5-7-18-8-6-11/h2-9,15H,10H2,1H3. The highest BCUT2D eigenvalue weighted by Crippen LogP contribution is 2.30. The van der Waals surface area contributed by atoms with E-state index in [9.17, 15) is 0 Å². The zero-order chi connectivity index (χ0) is 16.4. The highest BCUT2D eigenvalue weighted by Gasteiger charge is 2.29. The Morgan fingerprint density at radius 1 is 1.12 bits per heavy atom. The van der Waals surface area contributed by atoms with Crippen LogP contribution in [-0.4, -0.2) is 27.9 Å². The molecule has 0 spiro atoms. The van der Waals surface area contributed by atoms with E-state index < -0.39 is 0 Å².